The van der Waals surface area contributed by atoms with E-state index in [4.69, 9.17) is 4.74 Å². The molecule has 1 N–H and O–H groups in total. The Morgan fingerprint density at radius 3 is 2.83 bits per heavy atom. The third-order valence-corrected chi connectivity index (χ3v) is 2.57. The Hall–Kier alpha value is -1.51. The minimum atomic E-state index is -0.170. The molecular formula is C15H23NO2. The second-order valence-corrected chi connectivity index (χ2v) is 4.86. The minimum absolute atomic E-state index is 0.170. The van der Waals surface area contributed by atoms with Crippen LogP contribution in [0.2, 0.25) is 0 Å². The third kappa shape index (κ3) is 5.71. The maximum Gasteiger partial charge on any atom is 0.311 e. The zero-order chi connectivity index (χ0) is 13.4. The van der Waals surface area contributed by atoms with Gasteiger partial charge in [0.1, 0.15) is 5.75 Å². The van der Waals surface area contributed by atoms with E-state index in [1.54, 1.807) is 6.07 Å². The zero-order valence-corrected chi connectivity index (χ0v) is 11.5. The van der Waals surface area contributed by atoms with Crippen LogP contribution in [-0.4, -0.2) is 12.5 Å². The van der Waals surface area contributed by atoms with Gasteiger partial charge in [-0.15, -0.1) is 0 Å². The van der Waals surface area contributed by atoms with Gasteiger partial charge in [-0.05, 0) is 30.9 Å². The maximum atomic E-state index is 11.4. The predicted molar refractivity (Wildman–Crippen MR) is 74.9 cm³/mol. The second kappa shape index (κ2) is 7.75. The molecule has 1 rings (SSSR count). The van der Waals surface area contributed by atoms with E-state index in [1.807, 2.05) is 25.1 Å². The highest BCUT2D eigenvalue weighted by Crippen LogP contribution is 2.18. The van der Waals surface area contributed by atoms with Crippen LogP contribution >= 0.6 is 0 Å². The molecule has 0 aromatic heterocycles. The number of carbonyl (C=O) groups excluding carboxylic acids is 1. The largest absolute Gasteiger partial charge is 0.426 e. The summed E-state index contributed by atoms with van der Waals surface area (Å²) in [5.41, 5.74) is 0.998. The smallest absolute Gasteiger partial charge is 0.311 e. The van der Waals surface area contributed by atoms with Crippen LogP contribution in [0.4, 0.5) is 5.69 Å². The van der Waals surface area contributed by atoms with Crippen molar-refractivity contribution in [1.29, 1.82) is 0 Å². The first-order valence-electron chi connectivity index (χ1n) is 6.66. The Balaban J connectivity index is 2.48. The summed E-state index contributed by atoms with van der Waals surface area (Å²) in [5, 5.41) is 3.33. The fourth-order valence-corrected chi connectivity index (χ4v) is 1.56. The summed E-state index contributed by atoms with van der Waals surface area (Å²) in [7, 11) is 0. The number of benzene rings is 1. The molecule has 0 heterocycles. The van der Waals surface area contributed by atoms with Crippen molar-refractivity contribution in [3.8, 4) is 5.75 Å². The summed E-state index contributed by atoms with van der Waals surface area (Å²) in [6.45, 7) is 7.30. The first kappa shape index (κ1) is 14.6. The zero-order valence-electron chi connectivity index (χ0n) is 11.5. The summed E-state index contributed by atoms with van der Waals surface area (Å²) < 4.78 is 5.24. The topological polar surface area (TPSA) is 38.3 Å². The number of rotatable bonds is 7. The fourth-order valence-electron chi connectivity index (χ4n) is 1.56. The SMILES string of the molecule is CCCC(=O)Oc1cccc(NCCC(C)C)c1. The molecule has 0 atom stereocenters. The highest BCUT2D eigenvalue weighted by molar-refractivity contribution is 5.72. The van der Waals surface area contributed by atoms with Gasteiger partial charge in [0.2, 0.25) is 0 Å². The van der Waals surface area contributed by atoms with Crippen LogP contribution in [0.5, 0.6) is 5.75 Å². The number of esters is 1. The standard InChI is InChI=1S/C15H23NO2/c1-4-6-15(17)18-14-8-5-7-13(11-14)16-10-9-12(2)3/h5,7-8,11-12,16H,4,6,9-10H2,1-3H3. The fraction of sp³-hybridized carbons (Fsp3) is 0.533. The average Bonchev–Trinajstić information content (AvgIpc) is 2.29. The predicted octanol–water partition coefficient (Wildman–Crippen LogP) is 3.85. The van der Waals surface area contributed by atoms with Crippen LogP contribution in [0.1, 0.15) is 40.0 Å². The van der Waals surface area contributed by atoms with Crippen LogP contribution in [-0.2, 0) is 4.79 Å². The van der Waals surface area contributed by atoms with E-state index in [0.29, 0.717) is 18.1 Å². The molecule has 0 bridgehead atoms. The lowest BCUT2D eigenvalue weighted by Gasteiger charge is -2.10. The van der Waals surface area contributed by atoms with E-state index in [9.17, 15) is 4.79 Å². The molecule has 0 aliphatic heterocycles. The second-order valence-electron chi connectivity index (χ2n) is 4.86. The van der Waals surface area contributed by atoms with Crippen molar-refractivity contribution in [3.05, 3.63) is 24.3 Å². The van der Waals surface area contributed by atoms with Gasteiger partial charge in [0.25, 0.3) is 0 Å². The van der Waals surface area contributed by atoms with Crippen molar-refractivity contribution in [1.82, 2.24) is 0 Å². The highest BCUT2D eigenvalue weighted by Gasteiger charge is 2.03. The number of hydrogen-bond acceptors (Lipinski definition) is 3. The van der Waals surface area contributed by atoms with E-state index in [2.05, 4.69) is 19.2 Å². The minimum Gasteiger partial charge on any atom is -0.426 e. The summed E-state index contributed by atoms with van der Waals surface area (Å²) in [6.07, 6.45) is 2.40. The summed E-state index contributed by atoms with van der Waals surface area (Å²) >= 11 is 0. The van der Waals surface area contributed by atoms with Gasteiger partial charge in [-0.2, -0.15) is 0 Å². The number of carbonyl (C=O) groups is 1. The monoisotopic (exact) mass is 249 g/mol. The summed E-state index contributed by atoms with van der Waals surface area (Å²) in [5.74, 6) is 1.13. The van der Waals surface area contributed by atoms with Gasteiger partial charge in [-0.3, -0.25) is 4.79 Å². The van der Waals surface area contributed by atoms with E-state index >= 15 is 0 Å². The normalized spacial score (nSPS) is 10.4. The lowest BCUT2D eigenvalue weighted by atomic mass is 10.1. The van der Waals surface area contributed by atoms with Gasteiger partial charge >= 0.3 is 5.97 Å². The third-order valence-electron chi connectivity index (χ3n) is 2.57. The van der Waals surface area contributed by atoms with Gasteiger partial charge in [-0.1, -0.05) is 26.8 Å². The highest BCUT2D eigenvalue weighted by atomic mass is 16.5. The molecule has 0 saturated heterocycles. The van der Waals surface area contributed by atoms with Gasteiger partial charge in [-0.25, -0.2) is 0 Å². The van der Waals surface area contributed by atoms with Crippen molar-refractivity contribution in [2.45, 2.75) is 40.0 Å². The molecule has 0 aliphatic carbocycles. The number of anilines is 1. The molecule has 3 nitrogen and oxygen atoms in total. The van der Waals surface area contributed by atoms with Gasteiger partial charge in [0, 0.05) is 24.7 Å². The molecule has 0 unspecified atom stereocenters. The summed E-state index contributed by atoms with van der Waals surface area (Å²) in [6, 6.07) is 7.55. The Morgan fingerprint density at radius 1 is 1.39 bits per heavy atom. The molecule has 1 aromatic rings. The molecule has 0 saturated carbocycles. The van der Waals surface area contributed by atoms with Crippen molar-refractivity contribution >= 4 is 11.7 Å². The first-order valence-corrected chi connectivity index (χ1v) is 6.66. The Bertz CT molecular complexity index is 375. The number of hydrogen-bond donors (Lipinski definition) is 1. The molecule has 0 fully saturated rings. The molecule has 18 heavy (non-hydrogen) atoms. The van der Waals surface area contributed by atoms with E-state index in [0.717, 1.165) is 25.1 Å². The Labute approximate surface area is 110 Å². The van der Waals surface area contributed by atoms with Crippen LogP contribution in [0.3, 0.4) is 0 Å². The number of ether oxygens (including phenoxy) is 1. The van der Waals surface area contributed by atoms with Crippen molar-refractivity contribution in [2.24, 2.45) is 5.92 Å². The van der Waals surface area contributed by atoms with E-state index in [-0.39, 0.29) is 5.97 Å². The number of nitrogens with one attached hydrogen (secondary N) is 1. The van der Waals surface area contributed by atoms with E-state index in [1.165, 1.54) is 0 Å². The molecule has 0 spiro atoms. The van der Waals surface area contributed by atoms with Crippen molar-refractivity contribution in [2.75, 3.05) is 11.9 Å². The molecular weight excluding hydrogens is 226 g/mol. The van der Waals surface area contributed by atoms with Crippen LogP contribution < -0.4 is 10.1 Å². The van der Waals surface area contributed by atoms with Crippen LogP contribution in [0, 0.1) is 5.92 Å². The molecule has 0 radical (unpaired) electrons. The lowest BCUT2D eigenvalue weighted by Crippen LogP contribution is -2.08. The summed E-state index contributed by atoms with van der Waals surface area (Å²) in [4.78, 5) is 11.4. The first-order chi connectivity index (χ1) is 8.61. The van der Waals surface area contributed by atoms with Gasteiger partial charge in [0.15, 0.2) is 0 Å². The lowest BCUT2D eigenvalue weighted by molar-refractivity contribution is -0.134. The van der Waals surface area contributed by atoms with Gasteiger partial charge in [0.05, 0.1) is 0 Å². The average molecular weight is 249 g/mol. The molecule has 100 valence electrons. The van der Waals surface area contributed by atoms with Crippen molar-refractivity contribution < 1.29 is 9.53 Å². The van der Waals surface area contributed by atoms with E-state index < -0.39 is 0 Å². The van der Waals surface area contributed by atoms with Crippen LogP contribution in [0.15, 0.2) is 24.3 Å². The molecule has 0 aliphatic rings. The Kier molecular flexibility index (Phi) is 6.26. The Morgan fingerprint density at radius 2 is 2.17 bits per heavy atom. The molecule has 3 heteroatoms. The molecule has 1 aromatic carbocycles. The quantitative estimate of drug-likeness (QED) is 0.589. The maximum absolute atomic E-state index is 11.4. The van der Waals surface area contributed by atoms with Gasteiger partial charge < -0.3 is 10.1 Å². The molecule has 0 amide bonds. The van der Waals surface area contributed by atoms with Crippen LogP contribution in [0.25, 0.3) is 0 Å². The van der Waals surface area contributed by atoms with Crippen molar-refractivity contribution in [3.63, 3.8) is 0 Å².